The van der Waals surface area contributed by atoms with Crippen LogP contribution in [0.5, 0.6) is 0 Å². The molecule has 2 aromatic rings. The van der Waals surface area contributed by atoms with Crippen molar-refractivity contribution < 1.29 is 4.79 Å². The highest BCUT2D eigenvalue weighted by Crippen LogP contribution is 2.38. The van der Waals surface area contributed by atoms with Crippen molar-refractivity contribution in [3.8, 4) is 0 Å². The van der Waals surface area contributed by atoms with E-state index >= 15 is 0 Å². The van der Waals surface area contributed by atoms with Crippen molar-refractivity contribution in [2.24, 2.45) is 10.8 Å². The van der Waals surface area contributed by atoms with Crippen LogP contribution in [0.3, 0.4) is 0 Å². The van der Waals surface area contributed by atoms with Crippen LogP contribution < -0.4 is 5.32 Å². The van der Waals surface area contributed by atoms with Gasteiger partial charge in [-0.1, -0.05) is 20.8 Å². The van der Waals surface area contributed by atoms with Crippen molar-refractivity contribution in [3.05, 3.63) is 36.0 Å². The summed E-state index contributed by atoms with van der Waals surface area (Å²) in [5.41, 5.74) is 1.98. The first-order valence-corrected chi connectivity index (χ1v) is 8.22. The summed E-state index contributed by atoms with van der Waals surface area (Å²) in [5.74, 6) is 0.310. The molecule has 1 atom stereocenters. The second-order valence-electron chi connectivity index (χ2n) is 7.88. The molecule has 1 unspecified atom stereocenters. The van der Waals surface area contributed by atoms with E-state index in [1.807, 2.05) is 30.5 Å². The molecule has 1 aliphatic heterocycles. The van der Waals surface area contributed by atoms with E-state index in [0.717, 1.165) is 48.8 Å². The summed E-state index contributed by atoms with van der Waals surface area (Å²) < 4.78 is 0. The third kappa shape index (κ3) is 2.95. The van der Waals surface area contributed by atoms with Gasteiger partial charge in [-0.3, -0.25) is 4.79 Å². The lowest BCUT2D eigenvalue weighted by Gasteiger charge is -2.30. The Hall–Kier alpha value is -1.61. The molecule has 1 saturated heterocycles. The van der Waals surface area contributed by atoms with E-state index in [1.54, 1.807) is 0 Å². The van der Waals surface area contributed by atoms with Gasteiger partial charge in [0.25, 0.3) is 0 Å². The summed E-state index contributed by atoms with van der Waals surface area (Å²) in [4.78, 5) is 16.4. The van der Waals surface area contributed by atoms with Crippen LogP contribution in [-0.2, 0) is 0 Å². The van der Waals surface area contributed by atoms with Crippen molar-refractivity contribution in [2.45, 2.75) is 40.0 Å². The number of ketones is 1. The van der Waals surface area contributed by atoms with E-state index in [0.29, 0.717) is 5.78 Å². The fourth-order valence-corrected chi connectivity index (χ4v) is 3.38. The largest absolute Gasteiger partial charge is 0.361 e. The van der Waals surface area contributed by atoms with Gasteiger partial charge in [0, 0.05) is 34.6 Å². The second-order valence-corrected chi connectivity index (χ2v) is 7.88. The zero-order valence-corrected chi connectivity index (χ0v) is 13.8. The summed E-state index contributed by atoms with van der Waals surface area (Å²) in [7, 11) is 0. The molecule has 1 aromatic carbocycles. The Balaban J connectivity index is 1.88. The van der Waals surface area contributed by atoms with Gasteiger partial charge in [0.1, 0.15) is 0 Å². The van der Waals surface area contributed by atoms with Gasteiger partial charge in [-0.2, -0.15) is 0 Å². The van der Waals surface area contributed by atoms with Crippen molar-refractivity contribution in [1.82, 2.24) is 10.3 Å². The lowest BCUT2D eigenvalue weighted by atomic mass is 9.72. The SMILES string of the molecule is CC(C)(C)CCC1(C(=O)c2ccc3[nH]ccc3c2)CCNC1. The smallest absolute Gasteiger partial charge is 0.170 e. The summed E-state index contributed by atoms with van der Waals surface area (Å²) in [6.07, 6.45) is 4.92. The molecule has 22 heavy (non-hydrogen) atoms. The van der Waals surface area contributed by atoms with Crippen molar-refractivity contribution >= 4 is 16.7 Å². The number of rotatable bonds is 4. The molecule has 0 aliphatic carbocycles. The number of carbonyl (C=O) groups excluding carboxylic acids is 1. The Morgan fingerprint density at radius 2 is 2.09 bits per heavy atom. The fraction of sp³-hybridized carbons (Fsp3) is 0.526. The molecule has 2 heterocycles. The zero-order chi connectivity index (χ0) is 15.8. The average molecular weight is 298 g/mol. The first-order chi connectivity index (χ1) is 10.4. The van der Waals surface area contributed by atoms with Crippen LogP contribution in [0.15, 0.2) is 30.5 Å². The zero-order valence-electron chi connectivity index (χ0n) is 13.8. The van der Waals surface area contributed by atoms with Crippen LogP contribution in [0.1, 0.15) is 50.4 Å². The molecule has 3 nitrogen and oxygen atoms in total. The number of hydrogen-bond donors (Lipinski definition) is 2. The van der Waals surface area contributed by atoms with E-state index in [1.165, 1.54) is 0 Å². The number of H-pyrrole nitrogens is 1. The second kappa shape index (κ2) is 5.54. The number of benzene rings is 1. The molecule has 0 bridgehead atoms. The maximum Gasteiger partial charge on any atom is 0.170 e. The van der Waals surface area contributed by atoms with Gasteiger partial charge >= 0.3 is 0 Å². The summed E-state index contributed by atoms with van der Waals surface area (Å²) in [6, 6.07) is 8.05. The number of carbonyl (C=O) groups is 1. The van der Waals surface area contributed by atoms with E-state index in [4.69, 9.17) is 0 Å². The highest BCUT2D eigenvalue weighted by molar-refractivity contribution is 6.03. The third-order valence-electron chi connectivity index (χ3n) is 4.89. The molecular weight excluding hydrogens is 272 g/mol. The van der Waals surface area contributed by atoms with Gasteiger partial charge in [-0.05, 0) is 55.5 Å². The summed E-state index contributed by atoms with van der Waals surface area (Å²) in [5, 5.41) is 4.52. The average Bonchev–Trinajstić information content (AvgIpc) is 3.12. The first kappa shape index (κ1) is 15.3. The molecule has 2 N–H and O–H groups in total. The molecule has 3 heteroatoms. The van der Waals surface area contributed by atoms with Crippen LogP contribution >= 0.6 is 0 Å². The van der Waals surface area contributed by atoms with E-state index in [2.05, 4.69) is 31.1 Å². The maximum absolute atomic E-state index is 13.2. The van der Waals surface area contributed by atoms with Crippen LogP contribution in [0.25, 0.3) is 10.9 Å². The predicted molar refractivity (Wildman–Crippen MR) is 91.2 cm³/mol. The molecule has 3 rings (SSSR count). The number of nitrogens with one attached hydrogen (secondary N) is 2. The van der Waals surface area contributed by atoms with Crippen molar-refractivity contribution in [2.75, 3.05) is 13.1 Å². The van der Waals surface area contributed by atoms with Gasteiger partial charge in [0.05, 0.1) is 0 Å². The first-order valence-electron chi connectivity index (χ1n) is 8.22. The molecule has 0 amide bonds. The van der Waals surface area contributed by atoms with Crippen LogP contribution in [-0.4, -0.2) is 23.9 Å². The minimum Gasteiger partial charge on any atom is -0.361 e. The van der Waals surface area contributed by atoms with Crippen LogP contribution in [0, 0.1) is 10.8 Å². The fourth-order valence-electron chi connectivity index (χ4n) is 3.38. The lowest BCUT2D eigenvalue weighted by Crippen LogP contribution is -2.34. The molecular formula is C19H26N2O. The van der Waals surface area contributed by atoms with Crippen LogP contribution in [0.2, 0.25) is 0 Å². The lowest BCUT2D eigenvalue weighted by molar-refractivity contribution is 0.0783. The highest BCUT2D eigenvalue weighted by Gasteiger charge is 2.41. The Morgan fingerprint density at radius 1 is 1.27 bits per heavy atom. The highest BCUT2D eigenvalue weighted by atomic mass is 16.1. The predicted octanol–water partition coefficient (Wildman–Crippen LogP) is 4.16. The Kier molecular flexibility index (Phi) is 3.85. The molecule has 0 spiro atoms. The molecule has 0 radical (unpaired) electrons. The standard InChI is InChI=1S/C19H26N2O/c1-18(2,3)7-8-19(9-11-20-13-19)17(22)15-4-5-16-14(12-15)6-10-21-16/h4-6,10,12,20-21H,7-9,11,13H2,1-3H3. The number of fused-ring (bicyclic) bond motifs is 1. The quantitative estimate of drug-likeness (QED) is 0.833. The molecule has 1 fully saturated rings. The minimum atomic E-state index is -0.225. The molecule has 1 aliphatic rings. The number of Topliss-reactive ketones (excluding diaryl/α,β-unsaturated/α-hetero) is 1. The molecule has 1 aromatic heterocycles. The number of aromatic amines is 1. The Bertz CT molecular complexity index is 672. The third-order valence-corrected chi connectivity index (χ3v) is 4.89. The summed E-state index contributed by atoms with van der Waals surface area (Å²) >= 11 is 0. The van der Waals surface area contributed by atoms with Crippen molar-refractivity contribution in [1.29, 1.82) is 0 Å². The topological polar surface area (TPSA) is 44.9 Å². The van der Waals surface area contributed by atoms with E-state index in [9.17, 15) is 4.79 Å². The Labute approximate surface area is 132 Å². The maximum atomic E-state index is 13.2. The summed E-state index contributed by atoms with van der Waals surface area (Å²) in [6.45, 7) is 8.51. The monoisotopic (exact) mass is 298 g/mol. The van der Waals surface area contributed by atoms with E-state index < -0.39 is 0 Å². The Morgan fingerprint density at radius 3 is 2.77 bits per heavy atom. The van der Waals surface area contributed by atoms with Gasteiger partial charge in [0.15, 0.2) is 5.78 Å². The normalized spacial score (nSPS) is 22.3. The minimum absolute atomic E-state index is 0.225. The van der Waals surface area contributed by atoms with Gasteiger partial charge in [0.2, 0.25) is 0 Å². The molecule has 0 saturated carbocycles. The van der Waals surface area contributed by atoms with Crippen molar-refractivity contribution in [3.63, 3.8) is 0 Å². The molecule has 118 valence electrons. The van der Waals surface area contributed by atoms with Crippen LogP contribution in [0.4, 0.5) is 0 Å². The van der Waals surface area contributed by atoms with E-state index in [-0.39, 0.29) is 10.8 Å². The number of hydrogen-bond acceptors (Lipinski definition) is 2. The van der Waals surface area contributed by atoms with Gasteiger partial charge in [-0.25, -0.2) is 0 Å². The van der Waals surface area contributed by atoms with Gasteiger partial charge in [-0.15, -0.1) is 0 Å². The number of aromatic nitrogens is 1. The van der Waals surface area contributed by atoms with Gasteiger partial charge < -0.3 is 10.3 Å².